The van der Waals surface area contributed by atoms with Gasteiger partial charge in [-0.15, -0.1) is 5.10 Å². The van der Waals surface area contributed by atoms with E-state index >= 15 is 0 Å². The third kappa shape index (κ3) is 3.56. The van der Waals surface area contributed by atoms with Gasteiger partial charge in [-0.1, -0.05) is 12.8 Å². The first kappa shape index (κ1) is 20.0. The van der Waals surface area contributed by atoms with Gasteiger partial charge in [0.1, 0.15) is 6.04 Å². The van der Waals surface area contributed by atoms with Crippen molar-refractivity contribution in [1.29, 1.82) is 0 Å². The number of aromatic nitrogens is 5. The predicted octanol–water partition coefficient (Wildman–Crippen LogP) is 2.83. The summed E-state index contributed by atoms with van der Waals surface area (Å²) in [4.78, 5) is 18.7. The van der Waals surface area contributed by atoms with Gasteiger partial charge in [0.25, 0.3) is 5.56 Å². The number of hydrogen-bond donors (Lipinski definition) is 1. The minimum atomic E-state index is -0.278. The zero-order chi connectivity index (χ0) is 21.4. The van der Waals surface area contributed by atoms with E-state index in [4.69, 9.17) is 9.47 Å². The molecule has 2 aliphatic rings. The summed E-state index contributed by atoms with van der Waals surface area (Å²) >= 11 is 0. The molecule has 1 atom stereocenters. The molecule has 0 radical (unpaired) electrons. The van der Waals surface area contributed by atoms with Crippen molar-refractivity contribution in [1.82, 2.24) is 30.1 Å². The second-order valence-electron chi connectivity index (χ2n) is 8.41. The molecule has 0 bridgehead atoms. The molecule has 1 aromatic carbocycles. The Morgan fingerprint density at radius 3 is 2.45 bits per heavy atom. The summed E-state index contributed by atoms with van der Waals surface area (Å²) in [6, 6.07) is 5.67. The average molecular weight is 425 g/mol. The smallest absolute Gasteiger partial charge is 0.253 e. The largest absolute Gasteiger partial charge is 0.493 e. The van der Waals surface area contributed by atoms with Gasteiger partial charge in [-0.2, -0.15) is 0 Å². The molecule has 5 rings (SSSR count). The van der Waals surface area contributed by atoms with E-state index in [2.05, 4.69) is 25.4 Å². The van der Waals surface area contributed by atoms with Gasteiger partial charge in [0.2, 0.25) is 0 Å². The number of nitrogens with one attached hydrogen (secondary N) is 1. The minimum absolute atomic E-state index is 0.127. The van der Waals surface area contributed by atoms with E-state index in [9.17, 15) is 4.79 Å². The number of methoxy groups -OCH3 is 2. The standard InChI is InChI=1S/C22H28N6O3/c1-30-18-12-14-11-16(22(29)23-17(14)13-19(18)31-2)20(27-9-5-6-10-27)21-24-25-26-28(21)15-7-3-4-8-15/h11-13,15,20H,3-10H2,1-2H3,(H,23,29)/t20-/m1/s1. The van der Waals surface area contributed by atoms with Crippen LogP contribution in [-0.4, -0.2) is 57.4 Å². The summed E-state index contributed by atoms with van der Waals surface area (Å²) in [6.45, 7) is 1.84. The molecule has 31 heavy (non-hydrogen) atoms. The SMILES string of the molecule is COc1cc2cc([C@H](c3nnnn3C3CCCC3)N3CCCC3)c(=O)[nH]c2cc1OC. The molecule has 3 heterocycles. The fraction of sp³-hybridized carbons (Fsp3) is 0.545. The highest BCUT2D eigenvalue weighted by Crippen LogP contribution is 2.36. The lowest BCUT2D eigenvalue weighted by Gasteiger charge is -2.27. The zero-order valence-electron chi connectivity index (χ0n) is 18.0. The predicted molar refractivity (Wildman–Crippen MR) is 116 cm³/mol. The van der Waals surface area contributed by atoms with E-state index < -0.39 is 0 Å². The highest BCUT2D eigenvalue weighted by molar-refractivity contribution is 5.83. The van der Waals surface area contributed by atoms with Crippen LogP contribution in [-0.2, 0) is 0 Å². The van der Waals surface area contributed by atoms with Crippen molar-refractivity contribution in [3.63, 3.8) is 0 Å². The van der Waals surface area contributed by atoms with Crippen LogP contribution >= 0.6 is 0 Å². The van der Waals surface area contributed by atoms with E-state index in [0.717, 1.165) is 50.0 Å². The molecule has 1 N–H and O–H groups in total. The number of aromatic amines is 1. The van der Waals surface area contributed by atoms with E-state index in [1.165, 1.54) is 12.8 Å². The second kappa shape index (κ2) is 8.30. The monoisotopic (exact) mass is 424 g/mol. The summed E-state index contributed by atoms with van der Waals surface area (Å²) in [7, 11) is 3.20. The molecular formula is C22H28N6O3. The second-order valence-corrected chi connectivity index (χ2v) is 8.41. The van der Waals surface area contributed by atoms with Gasteiger partial charge in [-0.25, -0.2) is 4.68 Å². The van der Waals surface area contributed by atoms with Crippen molar-refractivity contribution in [2.24, 2.45) is 0 Å². The zero-order valence-corrected chi connectivity index (χ0v) is 18.0. The van der Waals surface area contributed by atoms with Crippen molar-refractivity contribution in [2.45, 2.75) is 50.6 Å². The molecule has 1 saturated heterocycles. The summed E-state index contributed by atoms with van der Waals surface area (Å²) in [5, 5.41) is 13.7. The van der Waals surface area contributed by atoms with Gasteiger partial charge in [0, 0.05) is 17.0 Å². The van der Waals surface area contributed by atoms with E-state index in [-0.39, 0.29) is 11.6 Å². The van der Waals surface area contributed by atoms with Gasteiger partial charge >= 0.3 is 0 Å². The first-order valence-corrected chi connectivity index (χ1v) is 11.0. The van der Waals surface area contributed by atoms with Crippen LogP contribution in [0.4, 0.5) is 0 Å². The third-order valence-electron chi connectivity index (χ3n) is 6.61. The molecule has 0 amide bonds. The van der Waals surface area contributed by atoms with Crippen LogP contribution in [0.15, 0.2) is 23.0 Å². The molecule has 2 aromatic heterocycles. The topological polar surface area (TPSA) is 98.2 Å². The number of fused-ring (bicyclic) bond motifs is 1. The molecule has 1 aliphatic heterocycles. The number of hydrogen-bond acceptors (Lipinski definition) is 7. The lowest BCUT2D eigenvalue weighted by molar-refractivity contribution is 0.256. The number of rotatable bonds is 6. The van der Waals surface area contributed by atoms with Crippen LogP contribution in [0, 0.1) is 0 Å². The number of tetrazole rings is 1. The van der Waals surface area contributed by atoms with Gasteiger partial charge in [-0.05, 0) is 61.3 Å². The van der Waals surface area contributed by atoms with E-state index in [1.807, 2.05) is 16.8 Å². The third-order valence-corrected chi connectivity index (χ3v) is 6.61. The van der Waals surface area contributed by atoms with Crippen molar-refractivity contribution < 1.29 is 9.47 Å². The van der Waals surface area contributed by atoms with Crippen molar-refractivity contribution in [3.8, 4) is 11.5 Å². The number of pyridine rings is 1. The fourth-order valence-electron chi connectivity index (χ4n) is 5.04. The number of benzene rings is 1. The van der Waals surface area contributed by atoms with Crippen LogP contribution in [0.25, 0.3) is 10.9 Å². The van der Waals surface area contributed by atoms with Gasteiger partial charge in [0.15, 0.2) is 17.3 Å². The Bertz CT molecular complexity index is 1130. The van der Waals surface area contributed by atoms with Crippen molar-refractivity contribution in [3.05, 3.63) is 39.9 Å². The van der Waals surface area contributed by atoms with Crippen LogP contribution in [0.5, 0.6) is 11.5 Å². The lowest BCUT2D eigenvalue weighted by Crippen LogP contribution is -2.33. The Morgan fingerprint density at radius 1 is 1.03 bits per heavy atom. The Balaban J connectivity index is 1.66. The van der Waals surface area contributed by atoms with E-state index in [0.29, 0.717) is 28.6 Å². The number of ether oxygens (including phenoxy) is 2. The molecule has 1 saturated carbocycles. The first-order valence-electron chi connectivity index (χ1n) is 11.0. The molecule has 1 aliphatic carbocycles. The minimum Gasteiger partial charge on any atom is -0.493 e. The molecule has 2 fully saturated rings. The van der Waals surface area contributed by atoms with Gasteiger partial charge in [0.05, 0.1) is 25.8 Å². The Hall–Kier alpha value is -2.94. The quantitative estimate of drug-likeness (QED) is 0.650. The maximum atomic E-state index is 13.3. The van der Waals surface area contributed by atoms with Crippen LogP contribution in [0.3, 0.4) is 0 Å². The van der Waals surface area contributed by atoms with E-state index in [1.54, 1.807) is 20.3 Å². The normalized spacial score (nSPS) is 18.6. The maximum absolute atomic E-state index is 13.3. The van der Waals surface area contributed by atoms with Crippen LogP contribution in [0.2, 0.25) is 0 Å². The molecule has 9 heteroatoms. The van der Waals surface area contributed by atoms with Crippen LogP contribution in [0.1, 0.15) is 62.0 Å². The molecular weight excluding hydrogens is 396 g/mol. The fourth-order valence-corrected chi connectivity index (χ4v) is 5.04. The number of H-pyrrole nitrogens is 1. The summed E-state index contributed by atoms with van der Waals surface area (Å²) in [6.07, 6.45) is 6.76. The lowest BCUT2D eigenvalue weighted by atomic mass is 10.0. The first-order chi connectivity index (χ1) is 15.2. The Labute approximate surface area is 180 Å². The Morgan fingerprint density at radius 2 is 1.74 bits per heavy atom. The summed E-state index contributed by atoms with van der Waals surface area (Å²) in [5.41, 5.74) is 1.25. The summed E-state index contributed by atoms with van der Waals surface area (Å²) in [5.74, 6) is 1.97. The van der Waals surface area contributed by atoms with Gasteiger partial charge < -0.3 is 14.5 Å². The van der Waals surface area contributed by atoms with Crippen molar-refractivity contribution in [2.75, 3.05) is 27.3 Å². The highest BCUT2D eigenvalue weighted by atomic mass is 16.5. The maximum Gasteiger partial charge on any atom is 0.253 e. The number of nitrogens with zero attached hydrogens (tertiary/aromatic N) is 5. The molecule has 0 spiro atoms. The van der Waals surface area contributed by atoms with Crippen LogP contribution < -0.4 is 15.0 Å². The average Bonchev–Trinajstić information content (AvgIpc) is 3.55. The molecule has 3 aromatic rings. The molecule has 0 unspecified atom stereocenters. The van der Waals surface area contributed by atoms with Gasteiger partial charge in [-0.3, -0.25) is 9.69 Å². The number of likely N-dealkylation sites (tertiary alicyclic amines) is 1. The summed E-state index contributed by atoms with van der Waals surface area (Å²) < 4.78 is 12.8. The highest BCUT2D eigenvalue weighted by Gasteiger charge is 2.34. The molecule has 164 valence electrons. The van der Waals surface area contributed by atoms with Crippen molar-refractivity contribution >= 4 is 10.9 Å². The molecule has 9 nitrogen and oxygen atoms in total. The Kier molecular flexibility index (Phi) is 5.35.